The molecule has 1 aromatic carbocycles. The third-order valence-electron chi connectivity index (χ3n) is 1.96. The number of thiazole rings is 1. The fourth-order valence-electron chi connectivity index (χ4n) is 1.08. The molecule has 3 heteroatoms. The maximum atomic E-state index is 4.49. The van der Waals surface area contributed by atoms with Crippen LogP contribution in [0.15, 0.2) is 39.6 Å². The number of hydrogen-bond donors (Lipinski definition) is 0. The van der Waals surface area contributed by atoms with Crippen molar-refractivity contribution in [1.29, 1.82) is 0 Å². The molecule has 1 aromatic heterocycles. The summed E-state index contributed by atoms with van der Waals surface area (Å²) >= 11 is 3.49. The second-order valence-electron chi connectivity index (χ2n) is 3.04. The van der Waals surface area contributed by atoms with E-state index in [2.05, 4.69) is 43.1 Å². The largest absolute Gasteiger partial charge is 0.234 e. The number of hydrogen-bond acceptors (Lipinski definition) is 3. The zero-order valence-corrected chi connectivity index (χ0v) is 9.78. The summed E-state index contributed by atoms with van der Waals surface area (Å²) < 4.78 is 1.13. The van der Waals surface area contributed by atoms with Gasteiger partial charge in [0.25, 0.3) is 0 Å². The van der Waals surface area contributed by atoms with Crippen LogP contribution < -0.4 is 0 Å². The predicted octanol–water partition coefficient (Wildman–Crippen LogP) is 3.91. The molecule has 0 atom stereocenters. The van der Waals surface area contributed by atoms with Crippen LogP contribution in [0.25, 0.3) is 0 Å². The molecule has 0 bridgehead atoms. The topological polar surface area (TPSA) is 12.9 Å². The van der Waals surface area contributed by atoms with Crippen LogP contribution in [-0.2, 0) is 0 Å². The van der Waals surface area contributed by atoms with Gasteiger partial charge in [0, 0.05) is 9.77 Å². The van der Waals surface area contributed by atoms with Crippen molar-refractivity contribution < 1.29 is 0 Å². The van der Waals surface area contributed by atoms with Gasteiger partial charge in [0.15, 0.2) is 4.34 Å². The molecule has 0 aliphatic rings. The Hall–Kier alpha value is -0.800. The van der Waals surface area contributed by atoms with Crippen LogP contribution in [0.1, 0.15) is 10.6 Å². The first-order valence-corrected chi connectivity index (χ1v) is 6.06. The van der Waals surface area contributed by atoms with E-state index in [9.17, 15) is 0 Å². The molecule has 72 valence electrons. The van der Waals surface area contributed by atoms with Gasteiger partial charge >= 0.3 is 0 Å². The molecule has 0 aliphatic carbocycles. The standard InChI is InChI=1S/C11H11NS2/c1-8-9(2)13-11(12-8)14-10-6-4-3-5-7-10/h3-7H,1-2H3. The van der Waals surface area contributed by atoms with Gasteiger partial charge in [-0.3, -0.25) is 0 Å². The quantitative estimate of drug-likeness (QED) is 0.762. The summed E-state index contributed by atoms with van der Waals surface area (Å²) in [6, 6.07) is 10.3. The second-order valence-corrected chi connectivity index (χ2v) is 5.56. The van der Waals surface area contributed by atoms with Crippen molar-refractivity contribution in [3.05, 3.63) is 40.9 Å². The van der Waals surface area contributed by atoms with Crippen LogP contribution >= 0.6 is 23.1 Å². The van der Waals surface area contributed by atoms with Crippen molar-refractivity contribution >= 4 is 23.1 Å². The fourth-order valence-corrected chi connectivity index (χ4v) is 3.22. The zero-order chi connectivity index (χ0) is 9.97. The lowest BCUT2D eigenvalue weighted by molar-refractivity contribution is 1.14. The van der Waals surface area contributed by atoms with Gasteiger partial charge in [-0.15, -0.1) is 11.3 Å². The smallest absolute Gasteiger partial charge is 0.155 e. The van der Waals surface area contributed by atoms with E-state index in [1.807, 2.05) is 6.07 Å². The summed E-state index contributed by atoms with van der Waals surface area (Å²) in [6.07, 6.45) is 0. The van der Waals surface area contributed by atoms with E-state index < -0.39 is 0 Å². The van der Waals surface area contributed by atoms with Crippen LogP contribution in [0.3, 0.4) is 0 Å². The van der Waals surface area contributed by atoms with Gasteiger partial charge in [0.05, 0.1) is 5.69 Å². The first kappa shape index (κ1) is 9.74. The molecule has 0 saturated carbocycles. The predicted molar refractivity (Wildman–Crippen MR) is 62.2 cm³/mol. The van der Waals surface area contributed by atoms with Gasteiger partial charge in [-0.05, 0) is 26.0 Å². The summed E-state index contributed by atoms with van der Waals surface area (Å²) in [5.41, 5.74) is 1.15. The summed E-state index contributed by atoms with van der Waals surface area (Å²) in [5.74, 6) is 0. The molecule has 0 radical (unpaired) electrons. The van der Waals surface area contributed by atoms with Crippen LogP contribution in [-0.4, -0.2) is 4.98 Å². The molecule has 1 heterocycles. The molecule has 0 unspecified atom stereocenters. The minimum atomic E-state index is 1.13. The molecule has 0 aliphatic heterocycles. The highest BCUT2D eigenvalue weighted by atomic mass is 32.2. The number of benzene rings is 1. The van der Waals surface area contributed by atoms with Gasteiger partial charge in [-0.1, -0.05) is 30.0 Å². The number of nitrogens with zero attached hydrogens (tertiary/aromatic N) is 1. The molecule has 14 heavy (non-hydrogen) atoms. The molecule has 0 saturated heterocycles. The Morgan fingerprint density at radius 3 is 2.43 bits per heavy atom. The van der Waals surface area contributed by atoms with Crippen molar-refractivity contribution in [2.24, 2.45) is 0 Å². The minimum Gasteiger partial charge on any atom is -0.234 e. The molecule has 0 spiro atoms. The summed E-state index contributed by atoms with van der Waals surface area (Å²) in [4.78, 5) is 7.05. The van der Waals surface area contributed by atoms with E-state index in [1.54, 1.807) is 23.1 Å². The number of aromatic nitrogens is 1. The molecule has 0 N–H and O–H groups in total. The molecule has 2 aromatic rings. The first-order chi connectivity index (χ1) is 6.75. The molecule has 2 rings (SSSR count). The second kappa shape index (κ2) is 4.15. The summed E-state index contributed by atoms with van der Waals surface area (Å²) in [7, 11) is 0. The SMILES string of the molecule is Cc1nc(Sc2ccccc2)sc1C. The van der Waals surface area contributed by atoms with Crippen molar-refractivity contribution in [3.63, 3.8) is 0 Å². The Morgan fingerprint density at radius 1 is 1.14 bits per heavy atom. The maximum Gasteiger partial charge on any atom is 0.155 e. The van der Waals surface area contributed by atoms with Gasteiger partial charge in [0.2, 0.25) is 0 Å². The molecule has 0 fully saturated rings. The van der Waals surface area contributed by atoms with E-state index in [1.165, 1.54) is 9.77 Å². The van der Waals surface area contributed by atoms with E-state index in [4.69, 9.17) is 0 Å². The number of rotatable bonds is 2. The highest BCUT2D eigenvalue weighted by Gasteiger charge is 2.04. The average molecular weight is 221 g/mol. The Bertz CT molecular complexity index is 401. The molecule has 1 nitrogen and oxygen atoms in total. The molecular weight excluding hydrogens is 210 g/mol. The molecule has 0 amide bonds. The lowest BCUT2D eigenvalue weighted by Crippen LogP contribution is -1.73. The van der Waals surface area contributed by atoms with Crippen molar-refractivity contribution in [1.82, 2.24) is 4.98 Å². The Kier molecular flexibility index (Phi) is 2.89. The highest BCUT2D eigenvalue weighted by Crippen LogP contribution is 2.31. The van der Waals surface area contributed by atoms with Crippen LogP contribution in [0.4, 0.5) is 0 Å². The monoisotopic (exact) mass is 221 g/mol. The Balaban J connectivity index is 2.19. The van der Waals surface area contributed by atoms with Crippen molar-refractivity contribution in [2.45, 2.75) is 23.1 Å². The van der Waals surface area contributed by atoms with E-state index in [-0.39, 0.29) is 0 Å². The molecular formula is C11H11NS2. The highest BCUT2D eigenvalue weighted by molar-refractivity contribution is 8.01. The van der Waals surface area contributed by atoms with Crippen LogP contribution in [0.5, 0.6) is 0 Å². The van der Waals surface area contributed by atoms with E-state index in [0.29, 0.717) is 0 Å². The fraction of sp³-hybridized carbons (Fsp3) is 0.182. The van der Waals surface area contributed by atoms with Crippen LogP contribution in [0, 0.1) is 13.8 Å². The summed E-state index contributed by atoms with van der Waals surface area (Å²) in [5, 5.41) is 0. The minimum absolute atomic E-state index is 1.13. The average Bonchev–Trinajstić information content (AvgIpc) is 2.47. The Labute approximate surface area is 92.2 Å². The zero-order valence-electron chi connectivity index (χ0n) is 8.15. The van der Waals surface area contributed by atoms with Gasteiger partial charge < -0.3 is 0 Å². The van der Waals surface area contributed by atoms with E-state index >= 15 is 0 Å². The third-order valence-corrected chi connectivity index (χ3v) is 4.10. The maximum absolute atomic E-state index is 4.49. The normalized spacial score (nSPS) is 10.4. The van der Waals surface area contributed by atoms with Gasteiger partial charge in [-0.2, -0.15) is 0 Å². The third kappa shape index (κ3) is 2.16. The lowest BCUT2D eigenvalue weighted by atomic mass is 10.4. The Morgan fingerprint density at radius 2 is 1.86 bits per heavy atom. The van der Waals surface area contributed by atoms with Crippen molar-refractivity contribution in [3.8, 4) is 0 Å². The van der Waals surface area contributed by atoms with Crippen LogP contribution in [0.2, 0.25) is 0 Å². The number of aryl methyl sites for hydroxylation is 2. The first-order valence-electron chi connectivity index (χ1n) is 4.42. The van der Waals surface area contributed by atoms with Crippen molar-refractivity contribution in [2.75, 3.05) is 0 Å². The van der Waals surface area contributed by atoms with Gasteiger partial charge in [-0.25, -0.2) is 4.98 Å². The summed E-state index contributed by atoms with van der Waals surface area (Å²) in [6.45, 7) is 4.17. The van der Waals surface area contributed by atoms with Gasteiger partial charge in [0.1, 0.15) is 0 Å². The van der Waals surface area contributed by atoms with E-state index in [0.717, 1.165) is 10.0 Å². The lowest BCUT2D eigenvalue weighted by Gasteiger charge is -1.94.